The van der Waals surface area contributed by atoms with Gasteiger partial charge < -0.3 is 10.4 Å². The first kappa shape index (κ1) is 16.6. The van der Waals surface area contributed by atoms with E-state index in [1.165, 1.54) is 24.3 Å². The van der Waals surface area contributed by atoms with Gasteiger partial charge in [-0.1, -0.05) is 24.3 Å². The lowest BCUT2D eigenvalue weighted by Crippen LogP contribution is -2.22. The van der Waals surface area contributed by atoms with Crippen LogP contribution in [0.4, 0.5) is 10.1 Å². The number of hydrogen-bond acceptors (Lipinski definition) is 4. The summed E-state index contributed by atoms with van der Waals surface area (Å²) in [5.74, 6) is -3.98. The van der Waals surface area contributed by atoms with Gasteiger partial charge >= 0.3 is 11.9 Å². The highest BCUT2D eigenvalue weighted by atomic mass is 32.2. The first-order valence-corrected chi connectivity index (χ1v) is 8.22. The van der Waals surface area contributed by atoms with Gasteiger partial charge in [-0.3, -0.25) is 4.79 Å². The molecule has 8 heteroatoms. The molecule has 120 valence electrons. The number of carbonyl (C=O) groups excluding carboxylic acids is 1. The number of nitrogens with one attached hydrogen (secondary N) is 1. The van der Waals surface area contributed by atoms with Crippen LogP contribution in [0.1, 0.15) is 0 Å². The molecule has 0 atom stereocenters. The predicted molar refractivity (Wildman–Crippen MR) is 81.2 cm³/mol. The van der Waals surface area contributed by atoms with Gasteiger partial charge in [0.2, 0.25) is 0 Å². The number of carbonyl (C=O) groups is 2. The zero-order chi connectivity index (χ0) is 17.2. The minimum Gasteiger partial charge on any atom is -0.474 e. The fraction of sp³-hybridized carbons (Fsp3) is 0.0667. The number of hydrogen-bond donors (Lipinski definition) is 2. The topological polar surface area (TPSA) is 101 Å². The Kier molecular flexibility index (Phi) is 4.46. The molecular weight excluding hydrogens is 325 g/mol. The van der Waals surface area contributed by atoms with Crippen molar-refractivity contribution in [1.29, 1.82) is 0 Å². The van der Waals surface area contributed by atoms with Gasteiger partial charge in [-0.05, 0) is 23.8 Å². The van der Waals surface area contributed by atoms with E-state index in [1.54, 1.807) is 12.1 Å². The predicted octanol–water partition coefficient (Wildman–Crippen LogP) is 1.92. The first-order chi connectivity index (χ1) is 10.7. The number of aliphatic carboxylic acids is 1. The molecule has 6 nitrogen and oxygen atoms in total. The van der Waals surface area contributed by atoms with E-state index in [0.29, 0.717) is 5.56 Å². The maximum Gasteiger partial charge on any atom is 0.394 e. The molecule has 0 bridgehead atoms. The molecule has 1 amide bonds. The maximum absolute atomic E-state index is 14.0. The summed E-state index contributed by atoms with van der Waals surface area (Å²) < 4.78 is 37.6. The summed E-state index contributed by atoms with van der Waals surface area (Å²) in [6, 6.07) is 9.69. The molecule has 0 aliphatic carbocycles. The summed E-state index contributed by atoms with van der Waals surface area (Å²) in [5.41, 5.74) is 0.292. The van der Waals surface area contributed by atoms with Crippen molar-refractivity contribution in [2.45, 2.75) is 4.90 Å². The van der Waals surface area contributed by atoms with Crippen LogP contribution in [0.2, 0.25) is 0 Å². The minimum absolute atomic E-state index is 0.0433. The quantitative estimate of drug-likeness (QED) is 0.834. The molecular formula is C15H12FNO5S. The number of halogens is 1. The number of carboxylic acid groups (broad SMARTS) is 1. The summed E-state index contributed by atoms with van der Waals surface area (Å²) in [7, 11) is -3.50. The Bertz CT molecular complexity index is 892. The summed E-state index contributed by atoms with van der Waals surface area (Å²) in [5, 5.41) is 10.4. The smallest absolute Gasteiger partial charge is 0.394 e. The molecule has 0 aliphatic rings. The van der Waals surface area contributed by atoms with Gasteiger partial charge in [-0.2, -0.15) is 0 Å². The molecule has 2 N–H and O–H groups in total. The Morgan fingerprint density at radius 3 is 2.35 bits per heavy atom. The van der Waals surface area contributed by atoms with Crippen molar-refractivity contribution < 1.29 is 27.5 Å². The third-order valence-electron chi connectivity index (χ3n) is 3.01. The van der Waals surface area contributed by atoms with Crippen LogP contribution in [0.15, 0.2) is 47.4 Å². The van der Waals surface area contributed by atoms with E-state index >= 15 is 0 Å². The Balaban J connectivity index is 2.47. The minimum atomic E-state index is -3.50. The Morgan fingerprint density at radius 2 is 1.78 bits per heavy atom. The zero-order valence-electron chi connectivity index (χ0n) is 11.9. The van der Waals surface area contributed by atoms with E-state index in [-0.39, 0.29) is 16.1 Å². The maximum atomic E-state index is 14.0. The van der Waals surface area contributed by atoms with Crippen LogP contribution in [0.5, 0.6) is 0 Å². The van der Waals surface area contributed by atoms with E-state index in [0.717, 1.165) is 12.3 Å². The first-order valence-electron chi connectivity index (χ1n) is 6.33. The van der Waals surface area contributed by atoms with Crippen molar-refractivity contribution in [1.82, 2.24) is 0 Å². The largest absolute Gasteiger partial charge is 0.474 e. The summed E-state index contributed by atoms with van der Waals surface area (Å²) in [6.45, 7) is 0. The van der Waals surface area contributed by atoms with Crippen molar-refractivity contribution in [2.75, 3.05) is 11.6 Å². The highest BCUT2D eigenvalue weighted by molar-refractivity contribution is 7.90. The second kappa shape index (κ2) is 6.17. The second-order valence-corrected chi connectivity index (χ2v) is 6.71. The fourth-order valence-corrected chi connectivity index (χ4v) is 2.90. The van der Waals surface area contributed by atoms with Gasteiger partial charge in [-0.15, -0.1) is 0 Å². The molecule has 2 aromatic rings. The van der Waals surface area contributed by atoms with E-state index in [1.807, 2.05) is 5.32 Å². The number of rotatable bonds is 3. The fourth-order valence-electron chi connectivity index (χ4n) is 1.99. The van der Waals surface area contributed by atoms with Crippen LogP contribution >= 0.6 is 0 Å². The number of benzene rings is 2. The van der Waals surface area contributed by atoms with Crippen molar-refractivity contribution in [2.24, 2.45) is 0 Å². The summed E-state index contributed by atoms with van der Waals surface area (Å²) >= 11 is 0. The summed E-state index contributed by atoms with van der Waals surface area (Å²) in [6.07, 6.45) is 1.05. The molecule has 0 heterocycles. The molecule has 0 spiro atoms. The molecule has 2 aromatic carbocycles. The van der Waals surface area contributed by atoms with E-state index in [9.17, 15) is 22.4 Å². The average molecular weight is 337 g/mol. The lowest BCUT2D eigenvalue weighted by molar-refractivity contribution is -0.147. The van der Waals surface area contributed by atoms with E-state index in [4.69, 9.17) is 5.11 Å². The van der Waals surface area contributed by atoms with Crippen molar-refractivity contribution >= 4 is 27.4 Å². The standard InChI is InChI=1S/C15H12FNO5S/c1-23(21,22)13-5-3-2-4-10(13)9-6-7-12(11(16)8-9)17-14(18)15(19)20/h2-8H,1H3,(H,17,18)(H,19,20). The summed E-state index contributed by atoms with van der Waals surface area (Å²) in [4.78, 5) is 21.5. The van der Waals surface area contributed by atoms with Crippen LogP contribution in [0, 0.1) is 5.82 Å². The van der Waals surface area contributed by atoms with Crippen molar-refractivity contribution in [3.63, 3.8) is 0 Å². The monoisotopic (exact) mass is 337 g/mol. The molecule has 0 saturated heterocycles. The van der Waals surface area contributed by atoms with Crippen molar-refractivity contribution in [3.8, 4) is 11.1 Å². The van der Waals surface area contributed by atoms with Crippen LogP contribution in [0.3, 0.4) is 0 Å². The van der Waals surface area contributed by atoms with Crippen LogP contribution in [-0.4, -0.2) is 31.7 Å². The SMILES string of the molecule is CS(=O)(=O)c1ccccc1-c1ccc(NC(=O)C(=O)O)c(F)c1. The van der Waals surface area contributed by atoms with Gasteiger partial charge in [0.1, 0.15) is 5.82 Å². The third-order valence-corrected chi connectivity index (χ3v) is 4.16. The van der Waals surface area contributed by atoms with Crippen LogP contribution < -0.4 is 5.32 Å². The number of anilines is 1. The molecule has 0 aliphatic heterocycles. The van der Waals surface area contributed by atoms with Gasteiger partial charge in [0.15, 0.2) is 9.84 Å². The highest BCUT2D eigenvalue weighted by Crippen LogP contribution is 2.29. The number of carboxylic acids is 1. The average Bonchev–Trinajstić information content (AvgIpc) is 2.48. The van der Waals surface area contributed by atoms with Crippen molar-refractivity contribution in [3.05, 3.63) is 48.3 Å². The second-order valence-electron chi connectivity index (χ2n) is 4.72. The van der Waals surface area contributed by atoms with E-state index in [2.05, 4.69) is 0 Å². The molecule has 23 heavy (non-hydrogen) atoms. The normalized spacial score (nSPS) is 11.0. The van der Waals surface area contributed by atoms with E-state index < -0.39 is 27.5 Å². The molecule has 2 rings (SSSR count). The molecule has 0 radical (unpaired) electrons. The Hall–Kier alpha value is -2.74. The molecule has 0 aromatic heterocycles. The lowest BCUT2D eigenvalue weighted by Gasteiger charge is -2.10. The molecule has 0 saturated carbocycles. The lowest BCUT2D eigenvalue weighted by atomic mass is 10.0. The van der Waals surface area contributed by atoms with Gasteiger partial charge in [0.25, 0.3) is 0 Å². The number of sulfone groups is 1. The van der Waals surface area contributed by atoms with Crippen LogP contribution in [0.25, 0.3) is 11.1 Å². The van der Waals surface area contributed by atoms with Gasteiger partial charge in [0, 0.05) is 11.8 Å². The van der Waals surface area contributed by atoms with Gasteiger partial charge in [0.05, 0.1) is 10.6 Å². The van der Waals surface area contributed by atoms with Gasteiger partial charge in [-0.25, -0.2) is 17.6 Å². The Labute approximate surface area is 131 Å². The molecule has 0 fully saturated rings. The third kappa shape index (κ3) is 3.72. The highest BCUT2D eigenvalue weighted by Gasteiger charge is 2.17. The number of amides is 1. The molecule has 0 unspecified atom stereocenters. The zero-order valence-corrected chi connectivity index (χ0v) is 12.7. The van der Waals surface area contributed by atoms with Crippen LogP contribution in [-0.2, 0) is 19.4 Å². The Morgan fingerprint density at radius 1 is 1.13 bits per heavy atom.